The van der Waals surface area contributed by atoms with Gasteiger partial charge in [-0.05, 0) is 31.6 Å². The molecule has 1 unspecified atom stereocenters. The fraction of sp³-hybridized carbons (Fsp3) is 1.00. The van der Waals surface area contributed by atoms with E-state index in [4.69, 9.17) is 0 Å². The van der Waals surface area contributed by atoms with Crippen molar-refractivity contribution >= 4 is 0 Å². The van der Waals surface area contributed by atoms with Crippen LogP contribution in [0.2, 0.25) is 0 Å². The Morgan fingerprint density at radius 3 is 2.27 bits per heavy atom. The first kappa shape index (κ1) is 13.0. The fourth-order valence-electron chi connectivity index (χ4n) is 1.98. The Kier molecular flexibility index (Phi) is 5.07. The van der Waals surface area contributed by atoms with Gasteiger partial charge in [0.2, 0.25) is 0 Å². The van der Waals surface area contributed by atoms with Gasteiger partial charge in [0.1, 0.15) is 0 Å². The molecule has 0 aromatic carbocycles. The molecule has 1 aliphatic carbocycles. The highest BCUT2D eigenvalue weighted by molar-refractivity contribution is 4.83. The van der Waals surface area contributed by atoms with E-state index in [-0.39, 0.29) is 0 Å². The zero-order valence-corrected chi connectivity index (χ0v) is 10.6. The molecule has 1 atom stereocenters. The van der Waals surface area contributed by atoms with Gasteiger partial charge in [-0.1, -0.05) is 33.6 Å². The third-order valence-corrected chi connectivity index (χ3v) is 3.84. The van der Waals surface area contributed by atoms with Crippen LogP contribution in [0.25, 0.3) is 0 Å². The second kappa shape index (κ2) is 5.86. The predicted molar refractivity (Wildman–Crippen MR) is 65.0 cm³/mol. The molecular formula is C13H27NO. The Bertz CT molecular complexity index is 173. The predicted octanol–water partition coefficient (Wildman–Crippen LogP) is 2.71. The molecule has 2 N–H and O–H groups in total. The first-order valence-corrected chi connectivity index (χ1v) is 6.59. The molecule has 15 heavy (non-hydrogen) atoms. The van der Waals surface area contributed by atoms with E-state index in [0.717, 1.165) is 25.3 Å². The molecule has 0 aromatic rings. The van der Waals surface area contributed by atoms with Crippen LogP contribution in [0.1, 0.15) is 59.3 Å². The maximum Gasteiger partial charge on any atom is 0.0766 e. The third-order valence-electron chi connectivity index (χ3n) is 3.84. The normalized spacial score (nSPS) is 19.2. The lowest BCUT2D eigenvalue weighted by Gasteiger charge is -2.28. The van der Waals surface area contributed by atoms with Crippen molar-refractivity contribution in [1.29, 1.82) is 0 Å². The summed E-state index contributed by atoms with van der Waals surface area (Å²) in [6.45, 7) is 7.11. The minimum Gasteiger partial charge on any atom is -0.389 e. The summed E-state index contributed by atoms with van der Waals surface area (Å²) in [7, 11) is 0. The summed E-state index contributed by atoms with van der Waals surface area (Å²) in [5, 5.41) is 13.7. The molecule has 1 fully saturated rings. The summed E-state index contributed by atoms with van der Waals surface area (Å²) in [5.41, 5.74) is -0.489. The van der Waals surface area contributed by atoms with Crippen LogP contribution in [0.3, 0.4) is 0 Å². The van der Waals surface area contributed by atoms with E-state index < -0.39 is 5.60 Å². The summed E-state index contributed by atoms with van der Waals surface area (Å²) in [4.78, 5) is 0. The third kappa shape index (κ3) is 4.52. The van der Waals surface area contributed by atoms with E-state index in [1.54, 1.807) is 0 Å². The Morgan fingerprint density at radius 2 is 1.87 bits per heavy atom. The molecule has 0 aromatic heterocycles. The van der Waals surface area contributed by atoms with Gasteiger partial charge < -0.3 is 10.4 Å². The topological polar surface area (TPSA) is 32.3 Å². The number of hydrogen-bond donors (Lipinski definition) is 2. The van der Waals surface area contributed by atoms with E-state index in [2.05, 4.69) is 26.1 Å². The molecule has 2 nitrogen and oxygen atoms in total. The van der Waals surface area contributed by atoms with Crippen molar-refractivity contribution in [3.63, 3.8) is 0 Å². The Labute approximate surface area is 94.5 Å². The van der Waals surface area contributed by atoms with Crippen molar-refractivity contribution in [1.82, 2.24) is 5.32 Å². The molecule has 0 aliphatic heterocycles. The average Bonchev–Trinajstić information content (AvgIpc) is 3.07. The molecule has 0 radical (unpaired) electrons. The Balaban J connectivity index is 2.24. The lowest BCUT2D eigenvalue weighted by molar-refractivity contribution is 0.0293. The Hall–Kier alpha value is -0.0800. The average molecular weight is 213 g/mol. The van der Waals surface area contributed by atoms with Crippen molar-refractivity contribution in [3.8, 4) is 0 Å². The van der Waals surface area contributed by atoms with Gasteiger partial charge >= 0.3 is 0 Å². The van der Waals surface area contributed by atoms with Crippen LogP contribution in [0.5, 0.6) is 0 Å². The van der Waals surface area contributed by atoms with Crippen molar-refractivity contribution in [2.45, 2.75) is 70.9 Å². The van der Waals surface area contributed by atoms with Crippen molar-refractivity contribution in [2.75, 3.05) is 6.54 Å². The highest BCUT2D eigenvalue weighted by atomic mass is 16.3. The largest absolute Gasteiger partial charge is 0.389 e. The highest BCUT2D eigenvalue weighted by Crippen LogP contribution is 2.34. The highest BCUT2D eigenvalue weighted by Gasteiger charge is 2.27. The number of hydrogen-bond acceptors (Lipinski definition) is 2. The molecule has 1 saturated carbocycles. The summed E-state index contributed by atoms with van der Waals surface area (Å²) in [6.07, 6.45) is 7.01. The van der Waals surface area contributed by atoms with Crippen LogP contribution in [0.15, 0.2) is 0 Å². The minimum absolute atomic E-state index is 0.489. The standard InChI is InChI=1S/C13H27NO/c1-4-12(9-11-7-8-11)14-10-13(15,5-2)6-3/h11-12,14-15H,4-10H2,1-3H3. The van der Waals surface area contributed by atoms with Crippen LogP contribution in [0.4, 0.5) is 0 Å². The smallest absolute Gasteiger partial charge is 0.0766 e. The van der Waals surface area contributed by atoms with Crippen molar-refractivity contribution in [3.05, 3.63) is 0 Å². The number of aliphatic hydroxyl groups is 1. The number of rotatable bonds is 8. The van der Waals surface area contributed by atoms with E-state index in [0.29, 0.717) is 6.04 Å². The summed E-state index contributed by atoms with van der Waals surface area (Å²) in [5.74, 6) is 0.971. The molecule has 0 spiro atoms. The lowest BCUT2D eigenvalue weighted by atomic mass is 9.96. The molecule has 0 saturated heterocycles. The summed E-state index contributed by atoms with van der Waals surface area (Å²) in [6, 6.07) is 0.613. The zero-order chi connectivity index (χ0) is 11.3. The molecule has 0 bridgehead atoms. The molecule has 1 aliphatic rings. The van der Waals surface area contributed by atoms with Gasteiger partial charge in [-0.3, -0.25) is 0 Å². The number of nitrogens with one attached hydrogen (secondary N) is 1. The van der Waals surface area contributed by atoms with Gasteiger partial charge in [0.25, 0.3) is 0 Å². The Morgan fingerprint density at radius 1 is 1.27 bits per heavy atom. The summed E-state index contributed by atoms with van der Waals surface area (Å²) < 4.78 is 0. The van der Waals surface area contributed by atoms with Gasteiger partial charge in [-0.2, -0.15) is 0 Å². The first-order chi connectivity index (χ1) is 7.13. The van der Waals surface area contributed by atoms with Crippen LogP contribution in [0, 0.1) is 5.92 Å². The summed E-state index contributed by atoms with van der Waals surface area (Å²) >= 11 is 0. The van der Waals surface area contributed by atoms with Crippen molar-refractivity contribution in [2.24, 2.45) is 5.92 Å². The monoisotopic (exact) mass is 213 g/mol. The van der Waals surface area contributed by atoms with Gasteiger partial charge in [0.15, 0.2) is 0 Å². The molecule has 0 amide bonds. The van der Waals surface area contributed by atoms with E-state index in [9.17, 15) is 5.11 Å². The van der Waals surface area contributed by atoms with E-state index >= 15 is 0 Å². The van der Waals surface area contributed by atoms with E-state index in [1.807, 2.05) is 0 Å². The van der Waals surface area contributed by atoms with Gasteiger partial charge in [-0.25, -0.2) is 0 Å². The van der Waals surface area contributed by atoms with Crippen LogP contribution >= 0.6 is 0 Å². The fourth-order valence-corrected chi connectivity index (χ4v) is 1.98. The van der Waals surface area contributed by atoms with Crippen LogP contribution in [-0.4, -0.2) is 23.3 Å². The van der Waals surface area contributed by atoms with Gasteiger partial charge in [0.05, 0.1) is 5.60 Å². The quantitative estimate of drug-likeness (QED) is 0.650. The van der Waals surface area contributed by atoms with Crippen molar-refractivity contribution < 1.29 is 5.11 Å². The lowest BCUT2D eigenvalue weighted by Crippen LogP contribution is -2.43. The SMILES string of the molecule is CCC(CC1CC1)NCC(O)(CC)CC. The minimum atomic E-state index is -0.489. The van der Waals surface area contributed by atoms with Crippen LogP contribution < -0.4 is 5.32 Å². The first-order valence-electron chi connectivity index (χ1n) is 6.59. The second-order valence-corrected chi connectivity index (χ2v) is 5.10. The maximum atomic E-state index is 10.2. The molecular weight excluding hydrogens is 186 g/mol. The molecule has 2 heteroatoms. The molecule has 1 rings (SSSR count). The maximum absolute atomic E-state index is 10.2. The van der Waals surface area contributed by atoms with E-state index in [1.165, 1.54) is 25.7 Å². The molecule has 0 heterocycles. The van der Waals surface area contributed by atoms with Gasteiger partial charge in [-0.15, -0.1) is 0 Å². The second-order valence-electron chi connectivity index (χ2n) is 5.10. The van der Waals surface area contributed by atoms with Crippen LogP contribution in [-0.2, 0) is 0 Å². The van der Waals surface area contributed by atoms with Gasteiger partial charge in [0, 0.05) is 12.6 Å². The zero-order valence-electron chi connectivity index (χ0n) is 10.6. The molecule has 90 valence electrons.